The summed E-state index contributed by atoms with van der Waals surface area (Å²) >= 11 is 0. The fourth-order valence-electron chi connectivity index (χ4n) is 2.19. The summed E-state index contributed by atoms with van der Waals surface area (Å²) in [5, 5.41) is 10.1. The van der Waals surface area contributed by atoms with Crippen LogP contribution in [-0.4, -0.2) is 27.4 Å². The summed E-state index contributed by atoms with van der Waals surface area (Å²) in [6, 6.07) is 3.67. The van der Waals surface area contributed by atoms with E-state index < -0.39 is 22.3 Å². The zero-order chi connectivity index (χ0) is 18.1. The summed E-state index contributed by atoms with van der Waals surface area (Å²) in [6.07, 6.45) is 3.93. The van der Waals surface area contributed by atoms with Crippen molar-refractivity contribution in [3.05, 3.63) is 12.2 Å². The molecule has 0 aliphatic rings. The largest absolute Gasteiger partial charge is 0.388 e. The molecule has 0 aromatic rings. The lowest BCUT2D eigenvalue weighted by Gasteiger charge is -2.22. The van der Waals surface area contributed by atoms with Crippen LogP contribution in [0.15, 0.2) is 12.2 Å². The zero-order valence-corrected chi connectivity index (χ0v) is 18.5. The Bertz CT molecular complexity index is 491. The summed E-state index contributed by atoms with van der Waals surface area (Å²) in [6.45, 7) is 17.7. The molecule has 0 aliphatic carbocycles. The van der Waals surface area contributed by atoms with Crippen LogP contribution in [0, 0.1) is 28.3 Å². The van der Waals surface area contributed by atoms with Crippen LogP contribution in [0.3, 0.4) is 0 Å². The van der Waals surface area contributed by atoms with E-state index in [0.29, 0.717) is 6.42 Å². The van der Waals surface area contributed by atoms with Crippen LogP contribution in [0.25, 0.3) is 0 Å². The lowest BCUT2D eigenvalue weighted by molar-refractivity contribution is 0.228. The molecule has 0 aliphatic heterocycles. The van der Waals surface area contributed by atoms with E-state index in [2.05, 4.69) is 77.2 Å². The van der Waals surface area contributed by atoms with E-state index in [1.165, 1.54) is 18.1 Å². The molecule has 0 saturated carbocycles. The Morgan fingerprint density at radius 3 is 1.96 bits per heavy atom. The average Bonchev–Trinajstić information content (AvgIpc) is 2.46. The van der Waals surface area contributed by atoms with Gasteiger partial charge in [-0.1, -0.05) is 58.5 Å². The molecule has 130 valence electrons. The summed E-state index contributed by atoms with van der Waals surface area (Å²) in [4.78, 5) is 0. The second-order valence-electron chi connectivity index (χ2n) is 8.00. The molecule has 0 bridgehead atoms. The molecule has 1 atom stereocenters. The first kappa shape index (κ1) is 22.3. The Labute approximate surface area is 147 Å². The van der Waals surface area contributed by atoms with Gasteiger partial charge in [0.05, 0.1) is 6.10 Å². The molecular weight excluding hydrogens is 312 g/mol. The quantitative estimate of drug-likeness (QED) is 0.395. The minimum atomic E-state index is -1.40. The van der Waals surface area contributed by atoms with E-state index in [1.54, 1.807) is 0 Å². The van der Waals surface area contributed by atoms with Crippen LogP contribution in [0.5, 0.6) is 0 Å². The van der Waals surface area contributed by atoms with Crippen LogP contribution in [0.1, 0.15) is 41.0 Å². The zero-order valence-electron chi connectivity index (χ0n) is 16.5. The van der Waals surface area contributed by atoms with Gasteiger partial charge in [0.15, 0.2) is 0 Å². The highest BCUT2D eigenvalue weighted by molar-refractivity contribution is 6.87. The third-order valence-electron chi connectivity index (χ3n) is 4.19. The number of hydrogen-bond donors (Lipinski definition) is 1. The van der Waals surface area contributed by atoms with Crippen molar-refractivity contribution < 1.29 is 5.11 Å². The predicted octanol–water partition coefficient (Wildman–Crippen LogP) is 5.25. The molecule has 0 aromatic heterocycles. The van der Waals surface area contributed by atoms with E-state index in [-0.39, 0.29) is 5.41 Å². The van der Waals surface area contributed by atoms with Gasteiger partial charge < -0.3 is 5.11 Å². The van der Waals surface area contributed by atoms with E-state index in [1.807, 2.05) is 12.2 Å². The number of aliphatic hydroxyl groups excluding tert-OH is 1. The molecule has 0 saturated heterocycles. The summed E-state index contributed by atoms with van der Waals surface area (Å²) in [5.74, 6) is 6.60. The maximum atomic E-state index is 10.1. The smallest absolute Gasteiger partial charge is 0.137 e. The van der Waals surface area contributed by atoms with E-state index in [9.17, 15) is 5.11 Å². The first-order chi connectivity index (χ1) is 10.5. The second kappa shape index (κ2) is 9.53. The van der Waals surface area contributed by atoms with Crippen molar-refractivity contribution in [2.45, 2.75) is 84.9 Å². The highest BCUT2D eigenvalue weighted by Crippen LogP contribution is 2.22. The normalized spacial score (nSPS) is 14.0. The monoisotopic (exact) mass is 348 g/mol. The van der Waals surface area contributed by atoms with E-state index in [0.717, 1.165) is 0 Å². The van der Waals surface area contributed by atoms with Gasteiger partial charge in [-0.05, 0) is 32.0 Å². The van der Waals surface area contributed by atoms with Crippen LogP contribution in [0.4, 0.5) is 0 Å². The number of hydrogen-bond acceptors (Lipinski definition) is 1. The van der Waals surface area contributed by atoms with Crippen LogP contribution >= 0.6 is 0 Å². The van der Waals surface area contributed by atoms with Crippen LogP contribution in [0.2, 0.25) is 37.8 Å². The van der Waals surface area contributed by atoms with E-state index >= 15 is 0 Å². The third kappa shape index (κ3) is 9.87. The molecule has 1 nitrogen and oxygen atoms in total. The lowest BCUT2D eigenvalue weighted by Crippen LogP contribution is -2.30. The Hall–Kier alpha value is -0.746. The average molecular weight is 349 g/mol. The first-order valence-electron chi connectivity index (χ1n) is 8.91. The van der Waals surface area contributed by atoms with Crippen molar-refractivity contribution in [2.75, 3.05) is 0 Å². The van der Waals surface area contributed by atoms with Gasteiger partial charge in [-0.3, -0.25) is 0 Å². The number of aliphatic hydroxyl groups is 1. The molecule has 0 unspecified atom stereocenters. The fourth-order valence-corrected chi connectivity index (χ4v) is 5.44. The van der Waals surface area contributed by atoms with Crippen molar-refractivity contribution in [1.82, 2.24) is 0 Å². The van der Waals surface area contributed by atoms with Crippen LogP contribution in [-0.2, 0) is 0 Å². The van der Waals surface area contributed by atoms with Crippen molar-refractivity contribution in [3.63, 3.8) is 0 Å². The molecule has 3 heteroatoms. The van der Waals surface area contributed by atoms with Gasteiger partial charge in [0.1, 0.15) is 16.1 Å². The van der Waals surface area contributed by atoms with Gasteiger partial charge in [0, 0.05) is 11.8 Å². The molecule has 0 radical (unpaired) electrons. The molecule has 0 aromatic carbocycles. The lowest BCUT2D eigenvalue weighted by atomic mass is 9.93. The highest BCUT2D eigenvalue weighted by Gasteiger charge is 2.25. The second-order valence-corrected chi connectivity index (χ2v) is 17.7. The van der Waals surface area contributed by atoms with Gasteiger partial charge in [-0.2, -0.15) is 0 Å². The van der Waals surface area contributed by atoms with Gasteiger partial charge in [0.2, 0.25) is 0 Å². The number of rotatable bonds is 6. The van der Waals surface area contributed by atoms with Gasteiger partial charge in [0.25, 0.3) is 0 Å². The fraction of sp³-hybridized carbons (Fsp3) is 0.700. The van der Waals surface area contributed by atoms with E-state index in [4.69, 9.17) is 0 Å². The molecule has 0 spiro atoms. The third-order valence-corrected chi connectivity index (χ3v) is 9.83. The SMILES string of the molecule is CC[Si](C#CC(C)(C)/C=C/[C@H](O)CC#C[Si](C)(C)C)(CC)CC. The molecule has 0 amide bonds. The first-order valence-corrected chi connectivity index (χ1v) is 15.0. The Morgan fingerprint density at radius 1 is 1.00 bits per heavy atom. The maximum absolute atomic E-state index is 10.1. The molecule has 0 fully saturated rings. The van der Waals surface area contributed by atoms with Crippen LogP contribution < -0.4 is 0 Å². The molecule has 0 rings (SSSR count). The summed E-state index contributed by atoms with van der Waals surface area (Å²) in [7, 11) is -2.74. The Morgan fingerprint density at radius 2 is 1.52 bits per heavy atom. The Balaban J connectivity index is 4.89. The van der Waals surface area contributed by atoms with Crippen molar-refractivity contribution in [1.29, 1.82) is 0 Å². The van der Waals surface area contributed by atoms with Gasteiger partial charge >= 0.3 is 0 Å². The molecular formula is C20H36OSi2. The van der Waals surface area contributed by atoms with Crippen molar-refractivity contribution in [2.24, 2.45) is 5.41 Å². The predicted molar refractivity (Wildman–Crippen MR) is 110 cm³/mol. The minimum Gasteiger partial charge on any atom is -0.388 e. The van der Waals surface area contributed by atoms with Crippen molar-refractivity contribution >= 4 is 16.1 Å². The topological polar surface area (TPSA) is 20.2 Å². The summed E-state index contributed by atoms with van der Waals surface area (Å²) in [5.41, 5.74) is 6.74. The van der Waals surface area contributed by atoms with Gasteiger partial charge in [-0.15, -0.1) is 17.0 Å². The minimum absolute atomic E-state index is 0.190. The number of allylic oxidation sites excluding steroid dienone is 1. The highest BCUT2D eigenvalue weighted by atomic mass is 28.3. The molecule has 1 N–H and O–H groups in total. The molecule has 23 heavy (non-hydrogen) atoms. The summed E-state index contributed by atoms with van der Waals surface area (Å²) < 4.78 is 0. The van der Waals surface area contributed by atoms with Crippen molar-refractivity contribution in [3.8, 4) is 22.9 Å². The Kier molecular flexibility index (Phi) is 9.22. The standard InChI is InChI=1S/C20H36OSi2/c1-9-23(10-2,11-3)18-16-20(4,5)15-14-19(21)13-12-17-22(6,7)8/h14-15,19,21H,9-11,13H2,1-8H3/b15-14+/t19-/m1/s1. The molecule has 0 heterocycles. The van der Waals surface area contributed by atoms with Gasteiger partial charge in [-0.25, -0.2) is 0 Å². The maximum Gasteiger partial charge on any atom is 0.137 e.